The van der Waals surface area contributed by atoms with Crippen LogP contribution in [0.1, 0.15) is 41.4 Å². The molecule has 0 saturated carbocycles. The summed E-state index contributed by atoms with van der Waals surface area (Å²) in [6, 6.07) is 0. The van der Waals surface area contributed by atoms with E-state index in [1.54, 1.807) is 0 Å². The number of hydrogen-bond acceptors (Lipinski definition) is 6. The second kappa shape index (κ2) is 8.99. The summed E-state index contributed by atoms with van der Waals surface area (Å²) in [5.74, 6) is -22.9. The topological polar surface area (TPSA) is 149 Å². The molecule has 0 bridgehead atoms. The quantitative estimate of drug-likeness (QED) is 0.248. The predicted octanol–water partition coefficient (Wildman–Crippen LogP) is 4.11. The Bertz CT molecular complexity index is 1120. The van der Waals surface area contributed by atoms with Gasteiger partial charge in [0.15, 0.2) is 34.9 Å². The van der Waals surface area contributed by atoms with Crippen LogP contribution >= 0.6 is 21.6 Å². The smallest absolute Gasteiger partial charge is 0.339 e. The standard InChI is InChI=1S/C16H4F6O8S2/c17-5-1(13(23)24)3(15(27)28)7(19)11(9(5)21)31-32-12-8(20)4(16(29)30)2(14(25)26)6(18)10(12)22/h(H,23,24)(H,25,26)(H,27,28)(H,29,30). The summed E-state index contributed by atoms with van der Waals surface area (Å²) in [4.78, 5) is 40.9. The van der Waals surface area contributed by atoms with Crippen LogP contribution in [-0.4, -0.2) is 44.3 Å². The highest BCUT2D eigenvalue weighted by Crippen LogP contribution is 2.45. The molecule has 0 aliphatic rings. The van der Waals surface area contributed by atoms with Gasteiger partial charge in [-0.3, -0.25) is 0 Å². The van der Waals surface area contributed by atoms with Gasteiger partial charge >= 0.3 is 23.9 Å². The van der Waals surface area contributed by atoms with Crippen molar-refractivity contribution >= 4 is 45.5 Å². The molecule has 8 nitrogen and oxygen atoms in total. The first-order valence-corrected chi connectivity index (χ1v) is 9.57. The Kier molecular flexibility index (Phi) is 6.99. The van der Waals surface area contributed by atoms with Gasteiger partial charge in [-0.1, -0.05) is 0 Å². The van der Waals surface area contributed by atoms with Crippen LogP contribution in [0.25, 0.3) is 0 Å². The summed E-state index contributed by atoms with van der Waals surface area (Å²) in [7, 11) is -0.904. The van der Waals surface area contributed by atoms with Gasteiger partial charge in [0.2, 0.25) is 0 Å². The first-order chi connectivity index (χ1) is 14.7. The Morgan fingerprint density at radius 3 is 0.875 bits per heavy atom. The molecule has 32 heavy (non-hydrogen) atoms. The van der Waals surface area contributed by atoms with Gasteiger partial charge in [0, 0.05) is 0 Å². The van der Waals surface area contributed by atoms with Crippen molar-refractivity contribution in [3.63, 3.8) is 0 Å². The lowest BCUT2D eigenvalue weighted by Crippen LogP contribution is -2.17. The minimum Gasteiger partial charge on any atom is -0.478 e. The van der Waals surface area contributed by atoms with Crippen LogP contribution < -0.4 is 0 Å². The van der Waals surface area contributed by atoms with Gasteiger partial charge in [0.1, 0.15) is 22.3 Å². The molecular formula is C16H4F6O8S2. The summed E-state index contributed by atoms with van der Waals surface area (Å²) >= 11 is 0. The molecule has 16 heteroatoms. The molecule has 0 fully saturated rings. The molecule has 4 N–H and O–H groups in total. The lowest BCUT2D eigenvalue weighted by atomic mass is 10.1. The van der Waals surface area contributed by atoms with E-state index in [-0.39, 0.29) is 0 Å². The van der Waals surface area contributed by atoms with Crippen molar-refractivity contribution < 1.29 is 65.9 Å². The monoisotopic (exact) mass is 502 g/mol. The van der Waals surface area contributed by atoms with Gasteiger partial charge in [-0.25, -0.2) is 45.5 Å². The van der Waals surface area contributed by atoms with E-state index in [4.69, 9.17) is 20.4 Å². The molecule has 0 amide bonds. The second-order valence-corrected chi connectivity index (χ2v) is 7.58. The average Bonchev–Trinajstić information content (AvgIpc) is 2.67. The van der Waals surface area contributed by atoms with Crippen molar-refractivity contribution in [1.82, 2.24) is 0 Å². The Balaban J connectivity index is 2.71. The van der Waals surface area contributed by atoms with Crippen molar-refractivity contribution in [2.75, 3.05) is 0 Å². The van der Waals surface area contributed by atoms with Gasteiger partial charge < -0.3 is 20.4 Å². The van der Waals surface area contributed by atoms with Crippen molar-refractivity contribution in [2.24, 2.45) is 0 Å². The van der Waals surface area contributed by atoms with E-state index in [9.17, 15) is 45.5 Å². The number of halogens is 6. The molecule has 0 aliphatic carbocycles. The Labute approximate surface area is 178 Å². The highest BCUT2D eigenvalue weighted by molar-refractivity contribution is 8.76. The number of benzene rings is 2. The van der Waals surface area contributed by atoms with Crippen LogP contribution in [0.2, 0.25) is 0 Å². The summed E-state index contributed by atoms with van der Waals surface area (Å²) in [5.41, 5.74) is -7.44. The highest BCUT2D eigenvalue weighted by Gasteiger charge is 2.35. The Morgan fingerprint density at radius 2 is 0.656 bits per heavy atom. The summed E-state index contributed by atoms with van der Waals surface area (Å²) < 4.78 is 85.2. The highest BCUT2D eigenvalue weighted by atomic mass is 33.1. The first-order valence-electron chi connectivity index (χ1n) is 7.42. The Hall–Kier alpha value is -3.40. The number of hydrogen-bond donors (Lipinski definition) is 4. The fourth-order valence-corrected chi connectivity index (χ4v) is 4.53. The molecule has 0 unspecified atom stereocenters. The zero-order valence-electron chi connectivity index (χ0n) is 14.5. The average molecular weight is 502 g/mol. The SMILES string of the molecule is O=C(O)c1c(F)c(F)c(SSc2c(F)c(F)c(C(=O)O)c(C(=O)O)c2F)c(F)c1C(=O)O. The Morgan fingerprint density at radius 1 is 0.438 bits per heavy atom. The molecule has 0 saturated heterocycles. The van der Waals surface area contributed by atoms with Gasteiger partial charge in [0.25, 0.3) is 0 Å². The molecule has 2 aromatic rings. The minimum absolute atomic E-state index is 0.452. The van der Waals surface area contributed by atoms with Crippen molar-refractivity contribution in [2.45, 2.75) is 9.79 Å². The lowest BCUT2D eigenvalue weighted by Gasteiger charge is -2.13. The van der Waals surface area contributed by atoms with Crippen molar-refractivity contribution in [1.29, 1.82) is 0 Å². The summed E-state index contributed by atoms with van der Waals surface area (Å²) in [6.07, 6.45) is 0. The fraction of sp³-hybridized carbons (Fsp3) is 0. The molecule has 0 aromatic heterocycles. The van der Waals surface area contributed by atoms with E-state index in [1.807, 2.05) is 0 Å². The van der Waals surface area contributed by atoms with E-state index in [1.165, 1.54) is 0 Å². The maximum atomic E-state index is 14.4. The third-order valence-corrected chi connectivity index (χ3v) is 6.01. The number of carboxylic acids is 4. The normalized spacial score (nSPS) is 10.8. The fourth-order valence-electron chi connectivity index (χ4n) is 2.31. The van der Waals surface area contributed by atoms with E-state index >= 15 is 0 Å². The second-order valence-electron chi connectivity index (χ2n) is 5.43. The van der Waals surface area contributed by atoms with Crippen molar-refractivity contribution in [3.05, 3.63) is 57.2 Å². The van der Waals surface area contributed by atoms with E-state index in [2.05, 4.69) is 0 Å². The molecule has 0 radical (unpaired) electrons. The zero-order chi connectivity index (χ0) is 24.7. The first kappa shape index (κ1) is 24.9. The van der Waals surface area contributed by atoms with Crippen LogP contribution in [0.3, 0.4) is 0 Å². The molecule has 0 heterocycles. The third-order valence-electron chi connectivity index (χ3n) is 3.62. The molecule has 0 atom stereocenters. The van der Waals surface area contributed by atoms with Crippen LogP contribution in [0.5, 0.6) is 0 Å². The molecule has 2 rings (SSSR count). The van der Waals surface area contributed by atoms with Gasteiger partial charge in [-0.2, -0.15) is 0 Å². The van der Waals surface area contributed by atoms with Crippen molar-refractivity contribution in [3.8, 4) is 0 Å². The maximum Gasteiger partial charge on any atom is 0.339 e. The maximum absolute atomic E-state index is 14.4. The molecule has 170 valence electrons. The number of carbonyl (C=O) groups is 4. The largest absolute Gasteiger partial charge is 0.478 e. The molecule has 0 aliphatic heterocycles. The number of aromatic carboxylic acids is 4. The zero-order valence-corrected chi connectivity index (χ0v) is 16.1. The van der Waals surface area contributed by atoms with Crippen LogP contribution in [-0.2, 0) is 0 Å². The molecule has 0 spiro atoms. The van der Waals surface area contributed by atoms with Crippen LogP contribution in [0, 0.1) is 34.9 Å². The molecule has 2 aromatic carbocycles. The minimum atomic E-state index is -2.35. The van der Waals surface area contributed by atoms with E-state index in [0.29, 0.717) is 0 Å². The van der Waals surface area contributed by atoms with Gasteiger partial charge in [-0.15, -0.1) is 0 Å². The van der Waals surface area contributed by atoms with Gasteiger partial charge in [0.05, 0.1) is 9.79 Å². The predicted molar refractivity (Wildman–Crippen MR) is 92.2 cm³/mol. The number of rotatable bonds is 7. The summed E-state index contributed by atoms with van der Waals surface area (Å²) in [6.45, 7) is 0. The molecular weight excluding hydrogens is 498 g/mol. The van der Waals surface area contributed by atoms with Crippen LogP contribution in [0.4, 0.5) is 26.3 Å². The van der Waals surface area contributed by atoms with E-state index < -0.39 is 112 Å². The summed E-state index contributed by atoms with van der Waals surface area (Å²) in [5, 5.41) is 35.5. The van der Waals surface area contributed by atoms with Gasteiger partial charge in [-0.05, 0) is 21.6 Å². The number of carboxylic acid groups (broad SMARTS) is 4. The van der Waals surface area contributed by atoms with E-state index in [0.717, 1.165) is 0 Å². The lowest BCUT2D eigenvalue weighted by molar-refractivity contribution is 0.0640. The third kappa shape index (κ3) is 4.05. The van der Waals surface area contributed by atoms with Crippen LogP contribution in [0.15, 0.2) is 9.79 Å².